The SMILES string of the molecule is C=C/C=C(\C=C(/CC)n1ccnc1)C(C)C. The molecular weight excluding hydrogens is 196 g/mol. The largest absolute Gasteiger partial charge is 0.310 e. The molecule has 2 nitrogen and oxygen atoms in total. The Morgan fingerprint density at radius 1 is 1.50 bits per heavy atom. The van der Waals surface area contributed by atoms with Gasteiger partial charge < -0.3 is 4.57 Å². The number of nitrogens with zero attached hydrogens (tertiary/aromatic N) is 2. The van der Waals surface area contributed by atoms with Crippen LogP contribution in [0.15, 0.2) is 49.1 Å². The fraction of sp³-hybridized carbons (Fsp3) is 0.357. The number of hydrogen-bond donors (Lipinski definition) is 0. The highest BCUT2D eigenvalue weighted by Gasteiger charge is 2.02. The minimum absolute atomic E-state index is 0.503. The standard InChI is InChI=1S/C14H20N2/c1-5-7-13(12(3)4)10-14(6-2)16-9-8-15-11-16/h5,7-12H,1,6H2,2-4H3/b13-7+,14-10+. The lowest BCUT2D eigenvalue weighted by molar-refractivity contribution is 0.789. The molecule has 1 rings (SSSR count). The molecule has 0 atom stereocenters. The highest BCUT2D eigenvalue weighted by molar-refractivity contribution is 5.51. The molecule has 86 valence electrons. The van der Waals surface area contributed by atoms with Crippen molar-refractivity contribution >= 4 is 5.70 Å². The molecule has 0 aliphatic rings. The predicted molar refractivity (Wildman–Crippen MR) is 69.9 cm³/mol. The highest BCUT2D eigenvalue weighted by Crippen LogP contribution is 2.18. The van der Waals surface area contributed by atoms with Crippen molar-refractivity contribution in [2.45, 2.75) is 27.2 Å². The maximum atomic E-state index is 4.07. The molecule has 1 aromatic rings. The molecule has 0 aliphatic carbocycles. The van der Waals surface area contributed by atoms with Crippen molar-refractivity contribution in [1.29, 1.82) is 0 Å². The van der Waals surface area contributed by atoms with E-state index in [2.05, 4.69) is 49.1 Å². The Morgan fingerprint density at radius 3 is 2.69 bits per heavy atom. The van der Waals surface area contributed by atoms with Gasteiger partial charge in [0.1, 0.15) is 0 Å². The minimum atomic E-state index is 0.503. The van der Waals surface area contributed by atoms with Crippen molar-refractivity contribution in [3.8, 4) is 0 Å². The Kier molecular flexibility index (Phi) is 4.77. The third-order valence-electron chi connectivity index (χ3n) is 2.51. The first kappa shape index (κ1) is 12.5. The summed E-state index contributed by atoms with van der Waals surface area (Å²) in [5.74, 6) is 0.503. The molecule has 0 radical (unpaired) electrons. The summed E-state index contributed by atoms with van der Waals surface area (Å²) in [5.41, 5.74) is 2.54. The molecule has 0 N–H and O–H groups in total. The van der Waals surface area contributed by atoms with Gasteiger partial charge in [0, 0.05) is 18.1 Å². The number of rotatable bonds is 5. The van der Waals surface area contributed by atoms with Crippen molar-refractivity contribution in [3.05, 3.63) is 49.1 Å². The summed E-state index contributed by atoms with van der Waals surface area (Å²) < 4.78 is 2.05. The molecule has 0 aromatic carbocycles. The minimum Gasteiger partial charge on any atom is -0.310 e. The van der Waals surface area contributed by atoms with E-state index in [0.29, 0.717) is 5.92 Å². The molecule has 2 heteroatoms. The lowest BCUT2D eigenvalue weighted by atomic mass is 10.0. The van der Waals surface area contributed by atoms with Gasteiger partial charge in [0.2, 0.25) is 0 Å². The molecule has 16 heavy (non-hydrogen) atoms. The predicted octanol–water partition coefficient (Wildman–Crippen LogP) is 3.90. The second-order valence-corrected chi connectivity index (χ2v) is 4.02. The normalized spacial score (nSPS) is 13.2. The van der Waals surface area contributed by atoms with Crippen LogP contribution in [0.4, 0.5) is 0 Å². The number of aromatic nitrogens is 2. The van der Waals surface area contributed by atoms with E-state index in [1.165, 1.54) is 11.3 Å². The highest BCUT2D eigenvalue weighted by atomic mass is 15.0. The van der Waals surface area contributed by atoms with Crippen LogP contribution in [0.25, 0.3) is 5.70 Å². The van der Waals surface area contributed by atoms with Gasteiger partial charge in [0.25, 0.3) is 0 Å². The Bertz CT molecular complexity index is 381. The van der Waals surface area contributed by atoms with E-state index in [9.17, 15) is 0 Å². The molecule has 0 saturated heterocycles. The summed E-state index contributed by atoms with van der Waals surface area (Å²) in [5, 5.41) is 0. The van der Waals surface area contributed by atoms with E-state index in [4.69, 9.17) is 0 Å². The summed E-state index contributed by atoms with van der Waals surface area (Å²) >= 11 is 0. The van der Waals surface area contributed by atoms with E-state index < -0.39 is 0 Å². The monoisotopic (exact) mass is 216 g/mol. The summed E-state index contributed by atoms with van der Waals surface area (Å²) in [6, 6.07) is 0. The van der Waals surface area contributed by atoms with E-state index >= 15 is 0 Å². The van der Waals surface area contributed by atoms with Gasteiger partial charge in [-0.2, -0.15) is 0 Å². The number of allylic oxidation sites excluding steroid dienone is 5. The van der Waals surface area contributed by atoms with Gasteiger partial charge >= 0.3 is 0 Å². The van der Waals surface area contributed by atoms with Crippen LogP contribution in [0.1, 0.15) is 27.2 Å². The van der Waals surface area contributed by atoms with Crippen LogP contribution >= 0.6 is 0 Å². The molecule has 1 aromatic heterocycles. The van der Waals surface area contributed by atoms with Crippen LogP contribution in [0.2, 0.25) is 0 Å². The van der Waals surface area contributed by atoms with Crippen molar-refractivity contribution in [2.75, 3.05) is 0 Å². The third-order valence-corrected chi connectivity index (χ3v) is 2.51. The van der Waals surface area contributed by atoms with Crippen molar-refractivity contribution < 1.29 is 0 Å². The van der Waals surface area contributed by atoms with E-state index in [0.717, 1.165) is 6.42 Å². The Hall–Kier alpha value is -1.57. The van der Waals surface area contributed by atoms with Gasteiger partial charge in [-0.05, 0) is 24.0 Å². The van der Waals surface area contributed by atoms with E-state index in [1.54, 1.807) is 6.20 Å². The van der Waals surface area contributed by atoms with Crippen LogP contribution in [0.5, 0.6) is 0 Å². The molecule has 0 fully saturated rings. The van der Waals surface area contributed by atoms with Gasteiger partial charge in [-0.25, -0.2) is 4.98 Å². The van der Waals surface area contributed by atoms with Crippen LogP contribution < -0.4 is 0 Å². The van der Waals surface area contributed by atoms with Gasteiger partial charge in [-0.1, -0.05) is 39.5 Å². The second-order valence-electron chi connectivity index (χ2n) is 4.02. The first-order valence-electron chi connectivity index (χ1n) is 5.70. The maximum Gasteiger partial charge on any atom is 0.0989 e. The fourth-order valence-electron chi connectivity index (χ4n) is 1.52. The zero-order valence-corrected chi connectivity index (χ0v) is 10.4. The summed E-state index contributed by atoms with van der Waals surface area (Å²) in [6.45, 7) is 10.3. The molecule has 0 saturated carbocycles. The van der Waals surface area contributed by atoms with Crippen LogP contribution in [-0.4, -0.2) is 9.55 Å². The third kappa shape index (κ3) is 3.23. The number of hydrogen-bond acceptors (Lipinski definition) is 1. The first-order valence-corrected chi connectivity index (χ1v) is 5.70. The van der Waals surface area contributed by atoms with Crippen LogP contribution in [0.3, 0.4) is 0 Å². The Morgan fingerprint density at radius 2 is 2.25 bits per heavy atom. The van der Waals surface area contributed by atoms with Gasteiger partial charge in [0.05, 0.1) is 6.33 Å². The van der Waals surface area contributed by atoms with Crippen LogP contribution in [-0.2, 0) is 0 Å². The van der Waals surface area contributed by atoms with E-state index in [-0.39, 0.29) is 0 Å². The van der Waals surface area contributed by atoms with Gasteiger partial charge in [-0.15, -0.1) is 0 Å². The van der Waals surface area contributed by atoms with Crippen molar-refractivity contribution in [1.82, 2.24) is 9.55 Å². The summed E-state index contributed by atoms with van der Waals surface area (Å²) in [4.78, 5) is 4.07. The smallest absolute Gasteiger partial charge is 0.0989 e. The molecule has 0 amide bonds. The zero-order valence-electron chi connectivity index (χ0n) is 10.4. The fourth-order valence-corrected chi connectivity index (χ4v) is 1.52. The molecule has 0 bridgehead atoms. The second kappa shape index (κ2) is 6.11. The summed E-state index contributed by atoms with van der Waals surface area (Å²) in [7, 11) is 0. The average Bonchev–Trinajstić information content (AvgIpc) is 2.77. The van der Waals surface area contributed by atoms with Gasteiger partial charge in [0.15, 0.2) is 0 Å². The van der Waals surface area contributed by atoms with Crippen LogP contribution in [0, 0.1) is 5.92 Å². The molecule has 1 heterocycles. The quantitative estimate of drug-likeness (QED) is 0.682. The number of imidazole rings is 1. The molecular formula is C14H20N2. The van der Waals surface area contributed by atoms with Crippen molar-refractivity contribution in [3.63, 3.8) is 0 Å². The average molecular weight is 216 g/mol. The molecule has 0 aliphatic heterocycles. The van der Waals surface area contributed by atoms with Gasteiger partial charge in [-0.3, -0.25) is 0 Å². The lowest BCUT2D eigenvalue weighted by Crippen LogP contribution is -1.97. The summed E-state index contributed by atoms with van der Waals surface area (Å²) in [6.07, 6.45) is 12.7. The molecule has 0 spiro atoms. The lowest BCUT2D eigenvalue weighted by Gasteiger charge is -2.10. The topological polar surface area (TPSA) is 17.8 Å². The van der Waals surface area contributed by atoms with Crippen molar-refractivity contribution in [2.24, 2.45) is 5.92 Å². The van der Waals surface area contributed by atoms with E-state index in [1.807, 2.05) is 18.6 Å². The molecule has 0 unspecified atom stereocenters. The first-order chi connectivity index (χ1) is 7.69. The zero-order chi connectivity index (χ0) is 12.0. The maximum absolute atomic E-state index is 4.07. The Balaban J connectivity index is 3.03. The Labute approximate surface area is 98.0 Å².